The number of carboxylic acid groups (broad SMARTS) is 1. The SMILES string of the molecule is CC(=O)NCc1c(I)c(NC(C)=O)c(I)c(C(=O)O)c1I. The molecule has 0 bridgehead atoms. The number of carbonyl (C=O) groups excluding carboxylic acids is 2. The third kappa shape index (κ3) is 4.64. The van der Waals surface area contributed by atoms with Crippen molar-refractivity contribution < 1.29 is 19.5 Å². The van der Waals surface area contributed by atoms with E-state index in [9.17, 15) is 19.5 Å². The minimum atomic E-state index is -1.07. The van der Waals surface area contributed by atoms with E-state index in [4.69, 9.17) is 0 Å². The second-order valence-corrected chi connectivity index (χ2v) is 7.30. The lowest BCUT2D eigenvalue weighted by Crippen LogP contribution is -2.23. The van der Waals surface area contributed by atoms with Crippen molar-refractivity contribution in [3.05, 3.63) is 21.8 Å². The fraction of sp³-hybridized carbons (Fsp3) is 0.250. The third-order valence-electron chi connectivity index (χ3n) is 2.44. The summed E-state index contributed by atoms with van der Waals surface area (Å²) in [6, 6.07) is 0. The van der Waals surface area contributed by atoms with Gasteiger partial charge in [-0.3, -0.25) is 9.59 Å². The quantitative estimate of drug-likeness (QED) is 0.448. The number of nitrogens with one attached hydrogen (secondary N) is 2. The lowest BCUT2D eigenvalue weighted by molar-refractivity contribution is -0.119. The van der Waals surface area contributed by atoms with Gasteiger partial charge in [0.15, 0.2) is 0 Å². The van der Waals surface area contributed by atoms with Crippen molar-refractivity contribution in [2.75, 3.05) is 5.32 Å². The predicted molar refractivity (Wildman–Crippen MR) is 103 cm³/mol. The Kier molecular flexibility index (Phi) is 7.09. The van der Waals surface area contributed by atoms with Crippen LogP contribution in [0.3, 0.4) is 0 Å². The molecule has 3 N–H and O–H groups in total. The zero-order chi connectivity index (χ0) is 16.3. The highest BCUT2D eigenvalue weighted by Crippen LogP contribution is 2.35. The van der Waals surface area contributed by atoms with Crippen molar-refractivity contribution in [3.63, 3.8) is 0 Å². The summed E-state index contributed by atoms with van der Waals surface area (Å²) >= 11 is 5.90. The molecule has 0 aliphatic carbocycles. The topological polar surface area (TPSA) is 95.5 Å². The van der Waals surface area contributed by atoms with Gasteiger partial charge >= 0.3 is 5.97 Å². The van der Waals surface area contributed by atoms with Gasteiger partial charge in [-0.1, -0.05) is 0 Å². The van der Waals surface area contributed by atoms with E-state index >= 15 is 0 Å². The molecule has 2 amide bonds. The Morgan fingerprint density at radius 3 is 2.00 bits per heavy atom. The average molecular weight is 628 g/mol. The summed E-state index contributed by atoms with van der Waals surface area (Å²) in [7, 11) is 0. The smallest absolute Gasteiger partial charge is 0.337 e. The van der Waals surface area contributed by atoms with Crippen LogP contribution in [0.25, 0.3) is 0 Å². The molecule has 9 heteroatoms. The molecule has 114 valence electrons. The van der Waals surface area contributed by atoms with Gasteiger partial charge in [0.2, 0.25) is 11.8 Å². The van der Waals surface area contributed by atoms with Gasteiger partial charge in [0.05, 0.1) is 14.8 Å². The zero-order valence-electron chi connectivity index (χ0n) is 11.0. The van der Waals surface area contributed by atoms with Crippen molar-refractivity contribution in [1.82, 2.24) is 5.32 Å². The van der Waals surface area contributed by atoms with Crippen molar-refractivity contribution in [3.8, 4) is 0 Å². The van der Waals surface area contributed by atoms with Gasteiger partial charge in [-0.05, 0) is 67.8 Å². The van der Waals surface area contributed by atoms with Crippen LogP contribution in [0, 0.1) is 10.7 Å². The number of amides is 2. The fourth-order valence-corrected chi connectivity index (χ4v) is 5.84. The molecule has 0 aliphatic heterocycles. The highest BCUT2D eigenvalue weighted by Gasteiger charge is 2.24. The third-order valence-corrected chi connectivity index (χ3v) is 5.90. The number of hydrogen-bond donors (Lipinski definition) is 3. The number of carbonyl (C=O) groups is 3. The fourth-order valence-electron chi connectivity index (χ4n) is 1.56. The largest absolute Gasteiger partial charge is 0.478 e. The minimum Gasteiger partial charge on any atom is -0.478 e. The summed E-state index contributed by atoms with van der Waals surface area (Å²) in [6.07, 6.45) is 0. The maximum atomic E-state index is 11.5. The maximum Gasteiger partial charge on any atom is 0.337 e. The first-order valence-corrected chi connectivity index (χ1v) is 8.85. The Balaban J connectivity index is 3.54. The summed E-state index contributed by atoms with van der Waals surface area (Å²) < 4.78 is 1.74. The Morgan fingerprint density at radius 1 is 1.00 bits per heavy atom. The van der Waals surface area contributed by atoms with E-state index in [1.54, 1.807) is 0 Å². The normalized spacial score (nSPS) is 10.1. The molecule has 0 saturated heterocycles. The molecule has 1 aromatic carbocycles. The summed E-state index contributed by atoms with van der Waals surface area (Å²) in [5.74, 6) is -1.57. The molecule has 0 radical (unpaired) electrons. The molecular formula is C12H11I3N2O4. The van der Waals surface area contributed by atoms with Crippen molar-refractivity contribution >= 4 is 91.2 Å². The van der Waals surface area contributed by atoms with Gasteiger partial charge in [0, 0.05) is 33.1 Å². The highest BCUT2D eigenvalue weighted by atomic mass is 127. The molecule has 0 unspecified atom stereocenters. The second-order valence-electron chi connectivity index (χ2n) is 4.07. The number of rotatable bonds is 4. The first kappa shape index (κ1) is 18.9. The van der Waals surface area contributed by atoms with Gasteiger partial charge in [0.25, 0.3) is 0 Å². The van der Waals surface area contributed by atoms with Gasteiger partial charge in [-0.2, -0.15) is 0 Å². The van der Waals surface area contributed by atoms with Gasteiger partial charge < -0.3 is 15.7 Å². The van der Waals surface area contributed by atoms with Crippen LogP contribution < -0.4 is 10.6 Å². The Labute approximate surface area is 162 Å². The van der Waals surface area contributed by atoms with Crippen LogP contribution in [0.4, 0.5) is 5.69 Å². The molecule has 0 aromatic heterocycles. The van der Waals surface area contributed by atoms with E-state index in [1.807, 2.05) is 67.8 Å². The van der Waals surface area contributed by atoms with Crippen LogP contribution >= 0.6 is 67.8 Å². The van der Waals surface area contributed by atoms with Crippen molar-refractivity contribution in [2.45, 2.75) is 20.4 Å². The average Bonchev–Trinajstić information content (AvgIpc) is 2.33. The molecule has 0 spiro atoms. The first-order valence-electron chi connectivity index (χ1n) is 5.61. The first-order chi connectivity index (χ1) is 9.66. The minimum absolute atomic E-state index is 0.126. The van der Waals surface area contributed by atoms with Crippen molar-refractivity contribution in [2.24, 2.45) is 0 Å². The number of halogens is 3. The Morgan fingerprint density at radius 2 is 1.57 bits per heavy atom. The predicted octanol–water partition coefficient (Wildman–Crippen LogP) is 2.79. The molecule has 1 aromatic rings. The second kappa shape index (κ2) is 7.89. The number of benzene rings is 1. The molecule has 1 rings (SSSR count). The van der Waals surface area contributed by atoms with Gasteiger partial charge in [-0.25, -0.2) is 4.79 Å². The summed E-state index contributed by atoms with van der Waals surface area (Å²) in [5.41, 5.74) is 1.26. The number of anilines is 1. The van der Waals surface area contributed by atoms with Crippen LogP contribution in [0.2, 0.25) is 0 Å². The summed E-state index contributed by atoms with van der Waals surface area (Å²) in [5, 5.41) is 14.7. The van der Waals surface area contributed by atoms with E-state index in [-0.39, 0.29) is 23.9 Å². The zero-order valence-corrected chi connectivity index (χ0v) is 17.5. The number of aromatic carboxylic acids is 1. The van der Waals surface area contributed by atoms with Crippen LogP contribution in [0.5, 0.6) is 0 Å². The standard InChI is InChI=1S/C12H11I3N2O4/c1-4(18)16-3-6-8(13)7(12(20)21)10(15)11(9(6)14)17-5(2)19/h3H2,1-2H3,(H,16,18)(H,17,19)(H,20,21). The molecular weight excluding hydrogens is 617 g/mol. The number of carboxylic acids is 1. The molecule has 0 aliphatic rings. The summed E-state index contributed by atoms with van der Waals surface area (Å²) in [6.45, 7) is 2.95. The molecule has 0 fully saturated rings. The lowest BCUT2D eigenvalue weighted by Gasteiger charge is -2.18. The molecule has 0 atom stereocenters. The summed E-state index contributed by atoms with van der Waals surface area (Å²) in [4.78, 5) is 33.9. The molecule has 6 nitrogen and oxygen atoms in total. The van der Waals surface area contributed by atoms with Crippen LogP contribution in [0.15, 0.2) is 0 Å². The van der Waals surface area contributed by atoms with Gasteiger partial charge in [0.1, 0.15) is 0 Å². The van der Waals surface area contributed by atoms with Crippen molar-refractivity contribution in [1.29, 1.82) is 0 Å². The molecule has 0 saturated carbocycles. The number of hydrogen-bond acceptors (Lipinski definition) is 3. The molecule has 0 heterocycles. The Hall–Kier alpha value is -0.180. The molecule has 21 heavy (non-hydrogen) atoms. The van der Waals surface area contributed by atoms with Crippen LogP contribution in [-0.2, 0) is 16.1 Å². The van der Waals surface area contributed by atoms with E-state index in [0.717, 1.165) is 3.57 Å². The van der Waals surface area contributed by atoms with E-state index in [1.165, 1.54) is 13.8 Å². The van der Waals surface area contributed by atoms with E-state index in [0.29, 0.717) is 18.4 Å². The van der Waals surface area contributed by atoms with E-state index in [2.05, 4.69) is 10.6 Å². The van der Waals surface area contributed by atoms with Crippen LogP contribution in [0.1, 0.15) is 29.8 Å². The van der Waals surface area contributed by atoms with Crippen LogP contribution in [-0.4, -0.2) is 22.9 Å². The maximum absolute atomic E-state index is 11.5. The highest BCUT2D eigenvalue weighted by molar-refractivity contribution is 14.1. The lowest BCUT2D eigenvalue weighted by atomic mass is 10.1. The van der Waals surface area contributed by atoms with Gasteiger partial charge in [-0.15, -0.1) is 0 Å². The Bertz CT molecular complexity index is 632. The van der Waals surface area contributed by atoms with E-state index < -0.39 is 5.97 Å². The monoisotopic (exact) mass is 628 g/mol.